The lowest BCUT2D eigenvalue weighted by molar-refractivity contribution is -0.114. The summed E-state index contributed by atoms with van der Waals surface area (Å²) in [6, 6.07) is 4.60. The zero-order valence-electron chi connectivity index (χ0n) is 17.6. The van der Waals surface area contributed by atoms with Gasteiger partial charge in [0.05, 0.1) is 0 Å². The van der Waals surface area contributed by atoms with Crippen molar-refractivity contribution in [2.45, 2.75) is 59.5 Å². The third-order valence-corrected chi connectivity index (χ3v) is 7.39. The Hall–Kier alpha value is -2.00. The van der Waals surface area contributed by atoms with E-state index in [-0.39, 0.29) is 5.41 Å². The van der Waals surface area contributed by atoms with Crippen LogP contribution in [-0.4, -0.2) is 19.5 Å². The Balaban J connectivity index is 2.41. The molecule has 1 amide bonds. The highest BCUT2D eigenvalue weighted by molar-refractivity contribution is 6.77. The molecule has 141 valence electrons. The Morgan fingerprint density at radius 1 is 1.22 bits per heavy atom. The zero-order valence-corrected chi connectivity index (χ0v) is 18.6. The molecule has 2 aliphatic rings. The number of carbonyl (C=O) groups is 1. The van der Waals surface area contributed by atoms with Crippen LogP contribution in [0.5, 0.6) is 0 Å². The van der Waals surface area contributed by atoms with E-state index in [1.165, 1.54) is 33.0 Å². The molecule has 0 heterocycles. The number of carbonyl (C=O) groups excluding carboxylic acids is 1. The number of benzene rings is 1. The summed E-state index contributed by atoms with van der Waals surface area (Å²) in [6.45, 7) is 15.7. The Bertz CT molecular complexity index is 947. The number of hydrogen-bond acceptors (Lipinski definition) is 1. The molecule has 2 nitrogen and oxygen atoms in total. The molecule has 1 atom stereocenters. The first-order valence-corrected chi connectivity index (χ1v) is 12.2. The molecule has 0 aromatic heterocycles. The van der Waals surface area contributed by atoms with Crippen LogP contribution in [0.3, 0.4) is 0 Å². The van der Waals surface area contributed by atoms with Gasteiger partial charge in [-0.3, -0.25) is 10.5 Å². The Morgan fingerprint density at radius 2 is 1.89 bits per heavy atom. The van der Waals surface area contributed by atoms with E-state index in [9.17, 15) is 4.79 Å². The minimum Gasteiger partial charge on any atom is -0.267 e. The molecule has 1 N–H and O–H groups in total. The van der Waals surface area contributed by atoms with E-state index in [0.717, 1.165) is 12.0 Å². The van der Waals surface area contributed by atoms with Crippen LogP contribution in [0.1, 0.15) is 56.9 Å². The second-order valence-corrected chi connectivity index (χ2v) is 11.7. The van der Waals surface area contributed by atoms with Gasteiger partial charge < -0.3 is 0 Å². The summed E-state index contributed by atoms with van der Waals surface area (Å²) in [4.78, 5) is 12.2. The van der Waals surface area contributed by atoms with Crippen LogP contribution in [-0.2, 0) is 16.6 Å². The lowest BCUT2D eigenvalue weighted by Crippen LogP contribution is -2.26. The molecule has 0 aliphatic heterocycles. The van der Waals surface area contributed by atoms with Crippen LogP contribution in [0.4, 0.5) is 0 Å². The van der Waals surface area contributed by atoms with Crippen molar-refractivity contribution < 1.29 is 4.79 Å². The van der Waals surface area contributed by atoms with E-state index < -0.39 is 14.3 Å². The lowest BCUT2D eigenvalue weighted by Gasteiger charge is -2.28. The molecule has 27 heavy (non-hydrogen) atoms. The molecule has 2 aliphatic carbocycles. The minimum atomic E-state index is -0.768. The molecule has 3 rings (SSSR count). The number of fused-ring (bicyclic) bond motifs is 1. The van der Waals surface area contributed by atoms with E-state index >= 15 is 0 Å². The van der Waals surface area contributed by atoms with Crippen LogP contribution in [0.2, 0.25) is 13.1 Å². The van der Waals surface area contributed by atoms with Crippen molar-refractivity contribution in [3.63, 3.8) is 0 Å². The number of hydrogen-bond donors (Lipinski definition) is 0. The predicted octanol–water partition coefficient (Wildman–Crippen LogP) is 5.22. The molecule has 0 saturated carbocycles. The van der Waals surface area contributed by atoms with Gasteiger partial charge >= 0.3 is 0 Å². The summed E-state index contributed by atoms with van der Waals surface area (Å²) < 4.78 is 0. The minimum absolute atomic E-state index is 0.0301. The van der Waals surface area contributed by atoms with Crippen molar-refractivity contribution in [3.05, 3.63) is 57.7 Å². The van der Waals surface area contributed by atoms with Crippen molar-refractivity contribution >= 4 is 31.1 Å². The number of nitrogens with one attached hydrogen (secondary N) is 1. The Morgan fingerprint density at radius 3 is 2.44 bits per heavy atom. The van der Waals surface area contributed by atoms with Gasteiger partial charge in [0.25, 0.3) is 5.91 Å². The highest BCUT2D eigenvalue weighted by Crippen LogP contribution is 2.39. The Labute approximate surface area is 165 Å². The fourth-order valence-corrected chi connectivity index (χ4v) is 6.03. The summed E-state index contributed by atoms with van der Waals surface area (Å²) in [5.74, 6) is -0.261. The summed E-state index contributed by atoms with van der Waals surface area (Å²) in [5.41, 5.74) is 16.0. The van der Waals surface area contributed by atoms with Gasteiger partial charge in [-0.2, -0.15) is 0 Å². The van der Waals surface area contributed by atoms with Gasteiger partial charge in [0, 0.05) is 14.0 Å². The highest BCUT2D eigenvalue weighted by atomic mass is 28.2. The maximum absolute atomic E-state index is 12.2. The molecule has 0 fully saturated rings. The molecule has 1 radical (unpaired) electrons. The van der Waals surface area contributed by atoms with E-state index in [1.807, 2.05) is 6.08 Å². The molecule has 1 aromatic carbocycles. The largest absolute Gasteiger partial charge is 0.270 e. The van der Waals surface area contributed by atoms with Gasteiger partial charge in [-0.25, -0.2) is 0 Å². The zero-order chi connectivity index (χ0) is 20.1. The van der Waals surface area contributed by atoms with E-state index in [0.29, 0.717) is 11.5 Å². The highest BCUT2D eigenvalue weighted by Gasteiger charge is 2.29. The smallest absolute Gasteiger partial charge is 0.267 e. The topological polar surface area (TPSA) is 40.9 Å². The normalized spacial score (nSPS) is 19.3. The second-order valence-electron chi connectivity index (χ2n) is 9.19. The van der Waals surface area contributed by atoms with Crippen molar-refractivity contribution in [1.29, 1.82) is 0 Å². The number of rotatable bonds is 2. The summed E-state index contributed by atoms with van der Waals surface area (Å²) in [7, 11) is -0.768. The predicted molar refractivity (Wildman–Crippen MR) is 118 cm³/mol. The fraction of sp³-hybridized carbons (Fsp3) is 0.417. The van der Waals surface area contributed by atoms with Crippen LogP contribution >= 0.6 is 0 Å². The third kappa shape index (κ3) is 3.57. The van der Waals surface area contributed by atoms with Gasteiger partial charge in [-0.1, -0.05) is 81.9 Å². The van der Waals surface area contributed by atoms with Crippen LogP contribution in [0.25, 0.3) is 11.6 Å². The molecule has 1 aromatic rings. The van der Waals surface area contributed by atoms with Crippen LogP contribution in [0, 0.1) is 5.92 Å². The first-order valence-electron chi connectivity index (χ1n) is 9.71. The standard InChI is InChI=1S/C24H30NOSi/c1-14-10-16-12-17(24(3,4)5)13-20(19(16)11-14)21-18(23(25)26)9-8-15(2)22(21)27(6)7/h8-10,12-13,15,25H,11H2,1-7H3. The van der Waals surface area contributed by atoms with Crippen molar-refractivity contribution in [1.82, 2.24) is 5.73 Å². The summed E-state index contributed by atoms with van der Waals surface area (Å²) in [5, 5.41) is 1.37. The van der Waals surface area contributed by atoms with E-state index in [2.05, 4.69) is 72.0 Å². The molecular weight excluding hydrogens is 346 g/mol. The average Bonchev–Trinajstić information content (AvgIpc) is 2.92. The number of amides is 1. The van der Waals surface area contributed by atoms with Gasteiger partial charge in [0.1, 0.15) is 0 Å². The van der Waals surface area contributed by atoms with Crippen LogP contribution < -0.4 is 5.73 Å². The fourth-order valence-electron chi connectivity index (χ4n) is 4.25. The van der Waals surface area contributed by atoms with Crippen molar-refractivity contribution in [2.75, 3.05) is 0 Å². The van der Waals surface area contributed by atoms with Gasteiger partial charge in [-0.15, -0.1) is 0 Å². The lowest BCUT2D eigenvalue weighted by atomic mass is 9.79. The summed E-state index contributed by atoms with van der Waals surface area (Å²) in [6.07, 6.45) is 7.19. The SMILES string of the molecule is CC1=Cc2cc(C(C)(C)C)cc(C3=C(C([NH])=O)C=CC(C)C3=[Si](C)C)c2C1. The van der Waals surface area contributed by atoms with Crippen molar-refractivity contribution in [2.24, 2.45) is 5.92 Å². The molecular formula is C24H30NOSi. The first-order chi connectivity index (χ1) is 12.5. The van der Waals surface area contributed by atoms with E-state index in [1.54, 1.807) is 0 Å². The molecule has 0 saturated heterocycles. The van der Waals surface area contributed by atoms with Crippen molar-refractivity contribution in [3.8, 4) is 0 Å². The average molecular weight is 377 g/mol. The van der Waals surface area contributed by atoms with Gasteiger partial charge in [0.2, 0.25) is 0 Å². The molecule has 1 unspecified atom stereocenters. The Kier molecular flexibility index (Phi) is 5.02. The second kappa shape index (κ2) is 6.86. The molecule has 3 heteroatoms. The third-order valence-electron chi connectivity index (χ3n) is 5.61. The van der Waals surface area contributed by atoms with Gasteiger partial charge in [0.15, 0.2) is 0 Å². The van der Waals surface area contributed by atoms with Crippen LogP contribution in [0.15, 0.2) is 35.4 Å². The van der Waals surface area contributed by atoms with Gasteiger partial charge in [-0.05, 0) is 52.5 Å². The molecule has 0 spiro atoms. The summed E-state index contributed by atoms with van der Waals surface area (Å²) >= 11 is 0. The first kappa shape index (κ1) is 19.8. The maximum atomic E-state index is 12.2. The van der Waals surface area contributed by atoms with E-state index in [4.69, 9.17) is 5.73 Å². The maximum Gasteiger partial charge on any atom is 0.270 e. The quantitative estimate of drug-likeness (QED) is 0.652. The monoisotopic (exact) mass is 376 g/mol. The number of allylic oxidation sites excluding steroid dienone is 3. The molecule has 0 bridgehead atoms.